The normalized spacial score (nSPS) is 19.3. The molecule has 2 aromatic heterocycles. The average molecular weight is 507 g/mol. The number of aryl methyl sites for hydroxylation is 2. The molecule has 2 fully saturated rings. The summed E-state index contributed by atoms with van der Waals surface area (Å²) in [5.74, 6) is 0.234. The van der Waals surface area contributed by atoms with Crippen LogP contribution in [-0.2, 0) is 16.1 Å². The number of hydrogen-bond acceptors (Lipinski definition) is 7. The summed E-state index contributed by atoms with van der Waals surface area (Å²) in [5.41, 5.74) is 3.73. The van der Waals surface area contributed by atoms with Crippen molar-refractivity contribution in [1.29, 1.82) is 0 Å². The van der Waals surface area contributed by atoms with Crippen LogP contribution in [0.3, 0.4) is 0 Å². The average Bonchev–Trinajstić information content (AvgIpc) is 3.45. The zero-order chi connectivity index (χ0) is 24.5. The van der Waals surface area contributed by atoms with Crippen LogP contribution in [0.15, 0.2) is 52.3 Å². The van der Waals surface area contributed by atoms with Crippen molar-refractivity contribution in [1.82, 2.24) is 14.3 Å². The van der Waals surface area contributed by atoms with Gasteiger partial charge in [0.25, 0.3) is 11.5 Å². The number of benzene rings is 1. The van der Waals surface area contributed by atoms with Crippen molar-refractivity contribution in [3.63, 3.8) is 0 Å². The van der Waals surface area contributed by atoms with Crippen molar-refractivity contribution in [2.75, 3.05) is 18.5 Å². The predicted molar refractivity (Wildman–Crippen MR) is 144 cm³/mol. The van der Waals surface area contributed by atoms with E-state index < -0.39 is 0 Å². The van der Waals surface area contributed by atoms with Crippen LogP contribution >= 0.6 is 24.0 Å². The van der Waals surface area contributed by atoms with Gasteiger partial charge in [-0.3, -0.25) is 18.9 Å². The molecule has 1 unspecified atom stereocenters. The van der Waals surface area contributed by atoms with Crippen LogP contribution in [0.4, 0.5) is 5.82 Å². The van der Waals surface area contributed by atoms with Crippen molar-refractivity contribution in [2.24, 2.45) is 0 Å². The van der Waals surface area contributed by atoms with Gasteiger partial charge in [-0.15, -0.1) is 0 Å². The van der Waals surface area contributed by atoms with Crippen LogP contribution < -0.4 is 10.9 Å². The first-order valence-electron chi connectivity index (χ1n) is 11.6. The van der Waals surface area contributed by atoms with Gasteiger partial charge in [0, 0.05) is 19.3 Å². The molecule has 0 radical (unpaired) electrons. The Balaban J connectivity index is 1.50. The van der Waals surface area contributed by atoms with Gasteiger partial charge < -0.3 is 10.1 Å². The fourth-order valence-electron chi connectivity index (χ4n) is 4.18. The van der Waals surface area contributed by atoms with Crippen LogP contribution in [0.2, 0.25) is 0 Å². The second kappa shape index (κ2) is 9.93. The monoisotopic (exact) mass is 506 g/mol. The lowest BCUT2D eigenvalue weighted by Crippen LogP contribution is -2.27. The Bertz CT molecular complexity index is 1390. The summed E-state index contributed by atoms with van der Waals surface area (Å²) in [6.07, 6.45) is 5.45. The zero-order valence-corrected chi connectivity index (χ0v) is 21.2. The highest BCUT2D eigenvalue weighted by Gasteiger charge is 2.32. The molecule has 5 rings (SSSR count). The van der Waals surface area contributed by atoms with E-state index in [9.17, 15) is 9.59 Å². The fraction of sp³-hybridized carbons (Fsp3) is 0.308. The number of thioether (sulfide) groups is 1. The number of nitrogens with one attached hydrogen (secondary N) is 1. The molecule has 2 aliphatic heterocycles. The molecule has 2 saturated heterocycles. The summed E-state index contributed by atoms with van der Waals surface area (Å²) in [4.78, 5) is 33.5. The number of carbonyl (C=O) groups excluding carboxylic acids is 1. The Morgan fingerprint density at radius 2 is 1.94 bits per heavy atom. The molecule has 1 aromatic carbocycles. The smallest absolute Gasteiger partial charge is 0.267 e. The standard InChI is InChI=1S/C26H26N4O3S2/c1-16-5-8-18(9-6-16)15-30-25(32)21(35-26(30)34)12-20-23(27-13-19-4-3-11-33-19)28-22-10-7-17(2)14-29(22)24(20)31/h5-10,12,14,19,27H,3-4,11,13,15H2,1-2H3. The number of rotatable bonds is 6. The SMILES string of the molecule is Cc1ccc(CN2C(=O)C(=Cc3c(NCC4CCCO4)nc4ccc(C)cn4c3=O)SC2=S)cc1. The second-order valence-electron chi connectivity index (χ2n) is 8.88. The van der Waals surface area contributed by atoms with E-state index in [0.29, 0.717) is 39.3 Å². The summed E-state index contributed by atoms with van der Waals surface area (Å²) in [6, 6.07) is 11.7. The molecule has 0 spiro atoms. The van der Waals surface area contributed by atoms with Crippen molar-refractivity contribution in [3.8, 4) is 0 Å². The number of carbonyl (C=O) groups is 1. The molecule has 180 valence electrons. The van der Waals surface area contributed by atoms with Gasteiger partial charge in [-0.05, 0) is 50.0 Å². The van der Waals surface area contributed by atoms with E-state index in [4.69, 9.17) is 21.9 Å². The quantitative estimate of drug-likeness (QED) is 0.395. The maximum absolute atomic E-state index is 13.5. The lowest BCUT2D eigenvalue weighted by molar-refractivity contribution is -0.122. The fourth-order valence-corrected chi connectivity index (χ4v) is 5.42. The van der Waals surface area contributed by atoms with E-state index in [2.05, 4.69) is 5.32 Å². The topological polar surface area (TPSA) is 75.9 Å². The van der Waals surface area contributed by atoms with Gasteiger partial charge in [0.15, 0.2) is 0 Å². The van der Waals surface area contributed by atoms with Gasteiger partial charge in [-0.2, -0.15) is 0 Å². The number of pyridine rings is 1. The maximum atomic E-state index is 13.5. The van der Waals surface area contributed by atoms with Crippen LogP contribution in [0.25, 0.3) is 11.7 Å². The van der Waals surface area contributed by atoms with Crippen LogP contribution in [0, 0.1) is 13.8 Å². The van der Waals surface area contributed by atoms with Crippen LogP contribution in [0.5, 0.6) is 0 Å². The van der Waals surface area contributed by atoms with E-state index in [0.717, 1.165) is 36.1 Å². The number of ether oxygens (including phenoxy) is 1. The first kappa shape index (κ1) is 23.7. The predicted octanol–water partition coefficient (Wildman–Crippen LogP) is 4.30. The number of aromatic nitrogens is 2. The third-order valence-electron chi connectivity index (χ3n) is 6.14. The molecule has 0 saturated carbocycles. The third-order valence-corrected chi connectivity index (χ3v) is 7.51. The van der Waals surface area contributed by atoms with Gasteiger partial charge in [0.05, 0.1) is 23.1 Å². The van der Waals surface area contributed by atoms with E-state index in [1.165, 1.54) is 16.2 Å². The Hall–Kier alpha value is -3.01. The van der Waals surface area contributed by atoms with Crippen LogP contribution in [0.1, 0.15) is 35.1 Å². The molecule has 0 bridgehead atoms. The Morgan fingerprint density at radius 3 is 2.69 bits per heavy atom. The van der Waals surface area contributed by atoms with Gasteiger partial charge in [-0.25, -0.2) is 4.98 Å². The molecule has 1 atom stereocenters. The van der Waals surface area contributed by atoms with E-state index in [-0.39, 0.29) is 17.6 Å². The van der Waals surface area contributed by atoms with Gasteiger partial charge in [0.2, 0.25) is 0 Å². The minimum absolute atomic E-state index is 0.0776. The lowest BCUT2D eigenvalue weighted by Gasteiger charge is -2.15. The molecule has 1 N–H and O–H groups in total. The zero-order valence-electron chi connectivity index (χ0n) is 19.6. The lowest BCUT2D eigenvalue weighted by atomic mass is 10.1. The number of thiocarbonyl (C=S) groups is 1. The highest BCUT2D eigenvalue weighted by atomic mass is 32.2. The molecular formula is C26H26N4O3S2. The molecule has 4 heterocycles. The first-order chi connectivity index (χ1) is 16.9. The third kappa shape index (κ3) is 5.03. The van der Waals surface area contributed by atoms with Crippen molar-refractivity contribution < 1.29 is 9.53 Å². The number of fused-ring (bicyclic) bond motifs is 1. The summed E-state index contributed by atoms with van der Waals surface area (Å²) in [6.45, 7) is 5.62. The Morgan fingerprint density at radius 1 is 1.17 bits per heavy atom. The van der Waals surface area contributed by atoms with Crippen molar-refractivity contribution in [2.45, 2.75) is 39.3 Å². The molecule has 2 aliphatic rings. The first-order valence-corrected chi connectivity index (χ1v) is 12.8. The van der Waals surface area contributed by atoms with Crippen molar-refractivity contribution >= 4 is 51.7 Å². The summed E-state index contributed by atoms with van der Waals surface area (Å²) >= 11 is 6.72. The number of hydrogen-bond donors (Lipinski definition) is 1. The summed E-state index contributed by atoms with van der Waals surface area (Å²) in [7, 11) is 0. The van der Waals surface area contributed by atoms with E-state index >= 15 is 0 Å². The van der Waals surface area contributed by atoms with Gasteiger partial charge in [0.1, 0.15) is 15.8 Å². The molecule has 3 aromatic rings. The molecule has 35 heavy (non-hydrogen) atoms. The highest BCUT2D eigenvalue weighted by Crippen LogP contribution is 2.34. The number of nitrogens with zero attached hydrogens (tertiary/aromatic N) is 3. The van der Waals surface area contributed by atoms with Gasteiger partial charge in [-0.1, -0.05) is 59.9 Å². The minimum Gasteiger partial charge on any atom is -0.376 e. The molecular weight excluding hydrogens is 480 g/mol. The highest BCUT2D eigenvalue weighted by molar-refractivity contribution is 8.26. The summed E-state index contributed by atoms with van der Waals surface area (Å²) < 4.78 is 7.71. The minimum atomic E-state index is -0.239. The van der Waals surface area contributed by atoms with E-state index in [1.54, 1.807) is 17.2 Å². The largest absolute Gasteiger partial charge is 0.376 e. The molecule has 9 heteroatoms. The molecule has 0 aliphatic carbocycles. The van der Waals surface area contributed by atoms with Gasteiger partial charge >= 0.3 is 0 Å². The molecule has 7 nitrogen and oxygen atoms in total. The van der Waals surface area contributed by atoms with Crippen molar-refractivity contribution in [3.05, 3.63) is 80.1 Å². The Labute approximate surface area is 213 Å². The van der Waals surface area contributed by atoms with Crippen LogP contribution in [-0.4, -0.2) is 43.8 Å². The molecule has 1 amide bonds. The Kier molecular flexibility index (Phi) is 6.73. The van der Waals surface area contributed by atoms with E-state index in [1.807, 2.05) is 50.2 Å². The maximum Gasteiger partial charge on any atom is 0.267 e. The second-order valence-corrected chi connectivity index (χ2v) is 10.6. The summed E-state index contributed by atoms with van der Waals surface area (Å²) in [5, 5.41) is 3.30. The number of anilines is 1. The number of amides is 1.